The van der Waals surface area contributed by atoms with E-state index >= 15 is 0 Å². The standard InChI is InChI=1S/C23H18FN7O2.C22H17FN8O2.C19H15ClFN7O.C2H5N.ClH/c1-12-16-8-14(24)3-4-15(16)23-27-6-5-20(32)31(23)11-17-21(18(9-25)30(2)29-17)13-7-19(33-12)22(26)28-10-13;1-11-14-7-12(23)3-4-13(14)21-26-6-5-18(32)31(21)10-16-19(17(8-24)30(2)29-16)15-9-27-20(25)22(28-15)33-11;1-9-12-5-10(21)3-4-11(12)17(20)24-8-14-16(15(6-22)28(2)27-14)13-7-25-18(23)19(26-13)29-9;1-2-3;/h3-8,10,12H,11H2,1-2H3,(H2,26,28);3-7,9,11H,10H2,1-2H3,(H2,25,27);3-5,7,9H,8H2,1-2H3,(H2,23,25);2H,1,3H2;1H/t12-;11-;9-;;/m111../s1. The summed E-state index contributed by atoms with van der Waals surface area (Å²) in [6.45, 7) is 8.45. The summed E-state index contributed by atoms with van der Waals surface area (Å²) < 4.78 is 67.5. The largest absolute Gasteiger partial charge is 0.482 e. The SMILES string of the molecule is C=CN.C[C@H]1Oc2cc(cnc2N)-c2c(nn(C)c2C#N)Cn2c(nccc2=O)-c2ccc(F)cc21.C[C@H]1Oc2nc(cnc2N)-c2c(nn(C)c2C#N)CN=C(Cl)c2ccc(F)cc21.C[C@H]1Oc2nc(cnc2N)-c2c(nn(C)c2C#N)Cn2c(nccc2=O)-c2ccc(F)cc21.Cl. The second kappa shape index (κ2) is 28.7. The monoisotopic (exact) mass is 1380 g/mol. The molecule has 3 aromatic carbocycles. The van der Waals surface area contributed by atoms with E-state index in [0.29, 0.717) is 107 Å². The van der Waals surface area contributed by atoms with Gasteiger partial charge in [-0.25, -0.2) is 48.1 Å². The molecule has 0 spiro atoms. The third-order valence-corrected chi connectivity index (χ3v) is 16.0. The Kier molecular flexibility index (Phi) is 20.0. The highest BCUT2D eigenvalue weighted by molar-refractivity contribution is 6.69. The summed E-state index contributed by atoms with van der Waals surface area (Å²) >= 11 is 6.44. The summed E-state index contributed by atoms with van der Waals surface area (Å²) in [5, 5.41) is 42.6. The predicted octanol–water partition coefficient (Wildman–Crippen LogP) is 8.62. The van der Waals surface area contributed by atoms with Crippen molar-refractivity contribution in [3.05, 3.63) is 211 Å². The van der Waals surface area contributed by atoms with E-state index in [4.69, 9.17) is 43.0 Å². The molecule has 0 fully saturated rings. The summed E-state index contributed by atoms with van der Waals surface area (Å²) in [5.41, 5.74) is 29.8. The predicted molar refractivity (Wildman–Crippen MR) is 360 cm³/mol. The van der Waals surface area contributed by atoms with Crippen LogP contribution in [0, 0.1) is 51.4 Å². The van der Waals surface area contributed by atoms with Gasteiger partial charge in [-0.05, 0) is 87.6 Å². The molecule has 3 aliphatic heterocycles. The molecule has 0 saturated carbocycles. The molecule has 11 heterocycles. The van der Waals surface area contributed by atoms with Crippen molar-refractivity contribution in [3.63, 3.8) is 0 Å². The van der Waals surface area contributed by atoms with E-state index in [9.17, 15) is 38.5 Å². The molecule has 0 unspecified atom stereocenters. The molecule has 28 nitrogen and oxygen atoms in total. The Labute approximate surface area is 571 Å². The number of nitrogens with two attached hydrogens (primary N) is 4. The topological polar surface area (TPSA) is 403 Å². The first-order chi connectivity index (χ1) is 47.0. The van der Waals surface area contributed by atoms with Crippen LogP contribution in [0.3, 0.4) is 0 Å². The van der Waals surface area contributed by atoms with E-state index in [-0.39, 0.29) is 89.0 Å². The smallest absolute Gasteiger partial charge is 0.258 e. The van der Waals surface area contributed by atoms with Crippen molar-refractivity contribution in [1.82, 2.24) is 73.4 Å². The van der Waals surface area contributed by atoms with Crippen molar-refractivity contribution in [2.45, 2.75) is 58.7 Å². The molecule has 14 rings (SSSR count). The van der Waals surface area contributed by atoms with Crippen LogP contribution in [-0.4, -0.2) is 78.5 Å². The Bertz CT molecular complexity index is 5090. The minimum atomic E-state index is -0.712. The van der Waals surface area contributed by atoms with Crippen LogP contribution in [0.2, 0.25) is 0 Å². The Morgan fingerprint density at radius 3 is 1.42 bits per heavy atom. The van der Waals surface area contributed by atoms with Crippen molar-refractivity contribution >= 4 is 46.6 Å². The highest BCUT2D eigenvalue weighted by atomic mass is 35.5. The quantitative estimate of drug-likeness (QED) is 0.110. The van der Waals surface area contributed by atoms with Crippen molar-refractivity contribution in [2.24, 2.45) is 31.9 Å². The summed E-state index contributed by atoms with van der Waals surface area (Å²) in [7, 11) is 4.93. The van der Waals surface area contributed by atoms with Crippen LogP contribution in [0.15, 0.2) is 131 Å². The number of benzene rings is 3. The average molecular weight is 1380 g/mol. The molecule has 0 amide bonds. The number of aliphatic imine (C=N–C) groups is 1. The number of rotatable bonds is 0. The van der Waals surface area contributed by atoms with Gasteiger partial charge in [0.1, 0.15) is 87.9 Å². The Morgan fingerprint density at radius 2 is 0.960 bits per heavy atom. The number of hydrogen-bond acceptors (Lipinski definition) is 23. The van der Waals surface area contributed by atoms with Gasteiger partial charge in [-0.15, -0.1) is 12.4 Å². The van der Waals surface area contributed by atoms with E-state index in [0.717, 1.165) is 0 Å². The molecule has 3 atom stereocenters. The number of nitrogens with zero attached hydrogens (tertiary/aromatic N) is 19. The van der Waals surface area contributed by atoms with Gasteiger partial charge in [0.15, 0.2) is 23.2 Å². The molecular weight excluding hydrogens is 1320 g/mol. The maximum Gasteiger partial charge on any atom is 0.258 e. The van der Waals surface area contributed by atoms with Gasteiger partial charge in [0, 0.05) is 96.4 Å². The first-order valence-electron chi connectivity index (χ1n) is 29.5. The van der Waals surface area contributed by atoms with Crippen molar-refractivity contribution in [2.75, 3.05) is 17.2 Å². The fourth-order valence-electron chi connectivity index (χ4n) is 11.2. The number of anilines is 3. The number of aromatic nitrogens is 15. The lowest BCUT2D eigenvalue weighted by atomic mass is 10.0. The molecule has 8 aromatic heterocycles. The fraction of sp³-hybridized carbons (Fsp3) is 0.182. The maximum atomic E-state index is 14.2. The number of hydrogen-bond donors (Lipinski definition) is 4. The molecule has 33 heteroatoms. The zero-order valence-corrected chi connectivity index (χ0v) is 54.8. The van der Waals surface area contributed by atoms with Crippen molar-refractivity contribution < 1.29 is 27.4 Å². The van der Waals surface area contributed by atoms with Crippen LogP contribution in [0.4, 0.5) is 30.6 Å². The molecule has 99 heavy (non-hydrogen) atoms. The highest BCUT2D eigenvalue weighted by Gasteiger charge is 2.30. The molecule has 500 valence electrons. The normalized spacial score (nSPS) is 14.4. The third-order valence-electron chi connectivity index (χ3n) is 15.7. The summed E-state index contributed by atoms with van der Waals surface area (Å²) in [4.78, 5) is 60.5. The second-order valence-electron chi connectivity index (χ2n) is 21.9. The average Bonchev–Trinajstić information content (AvgIpc) is 1.76. The first-order valence-corrected chi connectivity index (χ1v) is 29.9. The molecule has 8 N–H and O–H groups in total. The lowest BCUT2D eigenvalue weighted by Crippen LogP contribution is -2.24. The number of fused-ring (bicyclic) bond motifs is 19. The van der Waals surface area contributed by atoms with Crippen molar-refractivity contribution in [1.29, 1.82) is 15.8 Å². The van der Waals surface area contributed by atoms with Crippen LogP contribution >= 0.6 is 24.0 Å². The Morgan fingerprint density at radius 1 is 0.566 bits per heavy atom. The number of ether oxygens (including phenoxy) is 3. The van der Waals surface area contributed by atoms with Gasteiger partial charge in [-0.1, -0.05) is 18.2 Å². The molecule has 0 aliphatic carbocycles. The summed E-state index contributed by atoms with van der Waals surface area (Å²) in [6.07, 6.45) is 6.44. The van der Waals surface area contributed by atoms with E-state index in [2.05, 4.69) is 85.7 Å². The fourth-order valence-corrected chi connectivity index (χ4v) is 11.4. The van der Waals surface area contributed by atoms with Gasteiger partial charge in [0.25, 0.3) is 22.9 Å². The van der Waals surface area contributed by atoms with Crippen LogP contribution < -0.4 is 48.3 Å². The van der Waals surface area contributed by atoms with E-state index in [1.54, 1.807) is 60.1 Å². The van der Waals surface area contributed by atoms with E-state index in [1.807, 2.05) is 0 Å². The molecule has 3 aliphatic rings. The molecule has 0 saturated heterocycles. The van der Waals surface area contributed by atoms with Gasteiger partial charge in [-0.3, -0.25) is 37.8 Å². The van der Waals surface area contributed by atoms with Gasteiger partial charge in [-0.2, -0.15) is 31.1 Å². The summed E-state index contributed by atoms with van der Waals surface area (Å²) in [5.74, 6) is -0.0681. The zero-order valence-electron chi connectivity index (χ0n) is 53.2. The minimum Gasteiger partial charge on any atom is -0.482 e. The van der Waals surface area contributed by atoms with Crippen LogP contribution in [0.25, 0.3) is 56.4 Å². The van der Waals surface area contributed by atoms with Gasteiger partial charge in [0.2, 0.25) is 0 Å². The highest BCUT2D eigenvalue weighted by Crippen LogP contribution is 2.40. The van der Waals surface area contributed by atoms with Crippen molar-refractivity contribution in [3.8, 4) is 92.1 Å². The zero-order chi connectivity index (χ0) is 70.0. The summed E-state index contributed by atoms with van der Waals surface area (Å²) in [6, 6.07) is 23.3. The Hall–Kier alpha value is -12.8. The molecule has 11 aromatic rings. The lowest BCUT2D eigenvalue weighted by molar-refractivity contribution is 0.217. The molecular formula is C66H56Cl2F3N23O5. The first kappa shape index (κ1) is 69.1. The number of nitrogen functional groups attached to an aromatic ring is 3. The van der Waals surface area contributed by atoms with Crippen LogP contribution in [-0.2, 0) is 40.8 Å². The van der Waals surface area contributed by atoms with Crippen LogP contribution in [0.5, 0.6) is 17.5 Å². The lowest BCUT2D eigenvalue weighted by Gasteiger charge is -2.22. The van der Waals surface area contributed by atoms with E-state index < -0.39 is 35.8 Å². The van der Waals surface area contributed by atoms with Gasteiger partial charge < -0.3 is 37.1 Å². The number of aryl methyl sites for hydroxylation is 3. The minimum absolute atomic E-state index is 0. The number of nitriles is 3. The number of pyridine rings is 1. The van der Waals surface area contributed by atoms with Gasteiger partial charge >= 0.3 is 0 Å². The van der Waals surface area contributed by atoms with Crippen LogP contribution in [0.1, 0.15) is 95.5 Å². The third kappa shape index (κ3) is 13.6. The molecule has 6 bridgehead atoms. The number of halogens is 5. The van der Waals surface area contributed by atoms with Gasteiger partial charge in [0.05, 0.1) is 71.6 Å². The second-order valence-corrected chi connectivity index (χ2v) is 22.3. The van der Waals surface area contributed by atoms with E-state index in [1.165, 1.54) is 115 Å². The molecule has 0 radical (unpaired) electrons. The maximum absolute atomic E-state index is 14.2. The Balaban J connectivity index is 0.000000157.